The Balaban J connectivity index is 1.89. The molecule has 1 aromatic carbocycles. The molecule has 1 nitrogen and oxygen atoms in total. The molecule has 1 aliphatic carbocycles. The molecule has 1 aliphatic rings. The summed E-state index contributed by atoms with van der Waals surface area (Å²) in [5.74, 6) is 0. The van der Waals surface area contributed by atoms with Gasteiger partial charge in [-0.1, -0.05) is 42.0 Å². The Kier molecular flexibility index (Phi) is 2.92. The fraction of sp³-hybridized carbons (Fsp3) is 0.429. The molecule has 1 atom stereocenters. The summed E-state index contributed by atoms with van der Waals surface area (Å²) in [5, 5.41) is 10.3. The van der Waals surface area contributed by atoms with Crippen molar-refractivity contribution >= 4 is 0 Å². The van der Waals surface area contributed by atoms with Crippen LogP contribution in [0, 0.1) is 0 Å². The highest BCUT2D eigenvalue weighted by Gasteiger charge is 2.29. The lowest BCUT2D eigenvalue weighted by molar-refractivity contribution is 0.0436. The van der Waals surface area contributed by atoms with E-state index in [9.17, 15) is 5.11 Å². The van der Waals surface area contributed by atoms with Gasteiger partial charge in [0.15, 0.2) is 0 Å². The molecule has 2 rings (SSSR count). The second-order valence-electron chi connectivity index (χ2n) is 4.64. The zero-order valence-electron chi connectivity index (χ0n) is 9.24. The monoisotopic (exact) mass is 202 g/mol. The predicted molar refractivity (Wildman–Crippen MR) is 62.7 cm³/mol. The van der Waals surface area contributed by atoms with Crippen LogP contribution in [0.25, 0.3) is 0 Å². The molecule has 0 saturated carbocycles. The molecule has 0 radical (unpaired) electrons. The topological polar surface area (TPSA) is 20.2 Å². The summed E-state index contributed by atoms with van der Waals surface area (Å²) in [5.41, 5.74) is 2.17. The van der Waals surface area contributed by atoms with E-state index in [1.165, 1.54) is 11.1 Å². The second kappa shape index (κ2) is 4.19. The maximum Gasteiger partial charge on any atom is 0.0722 e. The van der Waals surface area contributed by atoms with Crippen LogP contribution in [0.2, 0.25) is 0 Å². The van der Waals surface area contributed by atoms with Gasteiger partial charge in [0, 0.05) is 0 Å². The van der Waals surface area contributed by atoms with Crippen molar-refractivity contribution in [2.45, 2.75) is 38.2 Å². The molecule has 0 saturated heterocycles. The van der Waals surface area contributed by atoms with Crippen molar-refractivity contribution in [2.75, 3.05) is 0 Å². The predicted octanol–water partition coefficient (Wildman–Crippen LogP) is 3.09. The normalized spacial score (nSPS) is 25.3. The Morgan fingerprint density at radius 3 is 2.60 bits per heavy atom. The summed E-state index contributed by atoms with van der Waals surface area (Å²) in [6.45, 7) is 2.10. The van der Waals surface area contributed by atoms with Crippen molar-refractivity contribution in [3.8, 4) is 0 Å². The molecule has 0 aliphatic heterocycles. The Bertz CT molecular complexity index is 353. The molecular weight excluding hydrogens is 184 g/mol. The van der Waals surface area contributed by atoms with Gasteiger partial charge < -0.3 is 5.11 Å². The number of hydrogen-bond donors (Lipinski definition) is 1. The quantitative estimate of drug-likeness (QED) is 0.747. The van der Waals surface area contributed by atoms with E-state index in [1.807, 2.05) is 6.07 Å². The van der Waals surface area contributed by atoms with E-state index < -0.39 is 5.60 Å². The lowest BCUT2D eigenvalue weighted by Gasteiger charge is -2.22. The van der Waals surface area contributed by atoms with Crippen molar-refractivity contribution in [3.05, 3.63) is 47.5 Å². The fourth-order valence-corrected chi connectivity index (χ4v) is 2.24. The first-order chi connectivity index (χ1) is 7.18. The van der Waals surface area contributed by atoms with Gasteiger partial charge in [-0.15, -0.1) is 0 Å². The molecule has 0 spiro atoms. The summed E-state index contributed by atoms with van der Waals surface area (Å²) in [4.78, 5) is 0. The number of aryl methyl sites for hydroxylation is 1. The minimum absolute atomic E-state index is 0.472. The van der Waals surface area contributed by atoms with Crippen LogP contribution >= 0.6 is 0 Å². The largest absolute Gasteiger partial charge is 0.389 e. The first-order valence-electron chi connectivity index (χ1n) is 5.60. The molecular formula is C14H18O. The molecule has 0 aromatic heterocycles. The van der Waals surface area contributed by atoms with Crippen LogP contribution in [0.1, 0.15) is 31.7 Å². The maximum absolute atomic E-state index is 10.3. The number of aliphatic hydroxyl groups is 1. The third-order valence-electron chi connectivity index (χ3n) is 3.16. The van der Waals surface area contributed by atoms with Gasteiger partial charge in [0.2, 0.25) is 0 Å². The molecule has 1 unspecified atom stereocenters. The van der Waals surface area contributed by atoms with Gasteiger partial charge in [0.05, 0.1) is 5.60 Å². The first-order valence-corrected chi connectivity index (χ1v) is 5.60. The smallest absolute Gasteiger partial charge is 0.0722 e. The van der Waals surface area contributed by atoms with Crippen LogP contribution in [-0.4, -0.2) is 10.7 Å². The van der Waals surface area contributed by atoms with E-state index in [0.29, 0.717) is 0 Å². The van der Waals surface area contributed by atoms with Gasteiger partial charge in [-0.2, -0.15) is 0 Å². The Morgan fingerprint density at radius 2 is 2.00 bits per heavy atom. The van der Waals surface area contributed by atoms with E-state index in [4.69, 9.17) is 0 Å². The summed E-state index contributed by atoms with van der Waals surface area (Å²) in [6, 6.07) is 10.4. The lowest BCUT2D eigenvalue weighted by atomic mass is 9.92. The second-order valence-corrected chi connectivity index (χ2v) is 4.64. The summed E-state index contributed by atoms with van der Waals surface area (Å²) < 4.78 is 0. The highest BCUT2D eigenvalue weighted by Crippen LogP contribution is 2.32. The maximum atomic E-state index is 10.3. The van der Waals surface area contributed by atoms with Crippen LogP contribution in [0.3, 0.4) is 0 Å². The van der Waals surface area contributed by atoms with E-state index >= 15 is 0 Å². The minimum atomic E-state index is -0.472. The zero-order chi connectivity index (χ0) is 10.7. The van der Waals surface area contributed by atoms with Gasteiger partial charge in [-0.25, -0.2) is 0 Å². The third-order valence-corrected chi connectivity index (χ3v) is 3.16. The van der Waals surface area contributed by atoms with Crippen molar-refractivity contribution in [3.63, 3.8) is 0 Å². The van der Waals surface area contributed by atoms with Crippen LogP contribution in [0.5, 0.6) is 0 Å². The van der Waals surface area contributed by atoms with Crippen molar-refractivity contribution < 1.29 is 5.11 Å². The number of benzene rings is 1. The summed E-state index contributed by atoms with van der Waals surface area (Å²) in [7, 11) is 0. The fourth-order valence-electron chi connectivity index (χ4n) is 2.24. The Hall–Kier alpha value is -1.08. The van der Waals surface area contributed by atoms with Crippen molar-refractivity contribution in [1.82, 2.24) is 0 Å². The minimum Gasteiger partial charge on any atom is -0.389 e. The van der Waals surface area contributed by atoms with Gasteiger partial charge in [-0.3, -0.25) is 0 Å². The molecule has 0 fully saturated rings. The van der Waals surface area contributed by atoms with E-state index in [0.717, 1.165) is 25.7 Å². The van der Waals surface area contributed by atoms with Crippen LogP contribution in [0.15, 0.2) is 42.0 Å². The molecule has 15 heavy (non-hydrogen) atoms. The molecule has 0 bridgehead atoms. The number of hydrogen-bond acceptors (Lipinski definition) is 1. The van der Waals surface area contributed by atoms with Gasteiger partial charge in [-0.05, 0) is 38.2 Å². The molecule has 1 aromatic rings. The van der Waals surface area contributed by atoms with Crippen LogP contribution < -0.4 is 0 Å². The average Bonchev–Trinajstić information content (AvgIpc) is 2.58. The van der Waals surface area contributed by atoms with Crippen LogP contribution in [0.4, 0.5) is 0 Å². The first kappa shape index (κ1) is 10.4. The number of rotatable bonds is 3. The molecule has 1 N–H and O–H groups in total. The van der Waals surface area contributed by atoms with E-state index in [-0.39, 0.29) is 0 Å². The average molecular weight is 202 g/mol. The highest BCUT2D eigenvalue weighted by molar-refractivity contribution is 5.18. The summed E-state index contributed by atoms with van der Waals surface area (Å²) >= 11 is 0. The molecule has 0 heterocycles. The van der Waals surface area contributed by atoms with E-state index in [1.54, 1.807) is 0 Å². The molecule has 80 valence electrons. The van der Waals surface area contributed by atoms with Gasteiger partial charge in [0.1, 0.15) is 0 Å². The Morgan fingerprint density at radius 1 is 1.27 bits per heavy atom. The highest BCUT2D eigenvalue weighted by atomic mass is 16.3. The SMILES string of the molecule is CC1=CCC(O)(CCc2ccccc2)C1. The van der Waals surface area contributed by atoms with Gasteiger partial charge >= 0.3 is 0 Å². The zero-order valence-corrected chi connectivity index (χ0v) is 9.24. The lowest BCUT2D eigenvalue weighted by Crippen LogP contribution is -2.25. The van der Waals surface area contributed by atoms with Crippen molar-refractivity contribution in [1.29, 1.82) is 0 Å². The van der Waals surface area contributed by atoms with Gasteiger partial charge in [0.25, 0.3) is 0 Å². The van der Waals surface area contributed by atoms with E-state index in [2.05, 4.69) is 37.3 Å². The Labute approximate surface area is 91.4 Å². The standard InChI is InChI=1S/C14H18O/c1-12-7-9-14(15,11-12)10-8-13-5-3-2-4-6-13/h2-7,15H,8-11H2,1H3. The summed E-state index contributed by atoms with van der Waals surface area (Å²) in [6.07, 6.45) is 5.67. The van der Waals surface area contributed by atoms with Crippen molar-refractivity contribution in [2.24, 2.45) is 0 Å². The third kappa shape index (κ3) is 2.69. The molecule has 1 heteroatoms. The van der Waals surface area contributed by atoms with Crippen LogP contribution in [-0.2, 0) is 6.42 Å². The molecule has 0 amide bonds.